The number of rotatable bonds is 5. The van der Waals surface area contributed by atoms with Gasteiger partial charge in [-0.1, -0.05) is 18.5 Å². The molecule has 0 aliphatic rings. The molecule has 14 heavy (non-hydrogen) atoms. The minimum atomic E-state index is 0.0567. The van der Waals surface area contributed by atoms with Gasteiger partial charge in [-0.3, -0.25) is 9.48 Å². The van der Waals surface area contributed by atoms with Crippen molar-refractivity contribution in [1.82, 2.24) is 9.78 Å². The van der Waals surface area contributed by atoms with E-state index in [0.717, 1.165) is 5.75 Å². The molecule has 0 amide bonds. The van der Waals surface area contributed by atoms with E-state index in [1.807, 2.05) is 13.8 Å². The van der Waals surface area contributed by atoms with E-state index in [1.54, 1.807) is 16.4 Å². The van der Waals surface area contributed by atoms with Gasteiger partial charge in [-0.25, -0.2) is 0 Å². The molecule has 5 heteroatoms. The Kier molecular flexibility index (Phi) is 4.48. The third-order valence-electron chi connectivity index (χ3n) is 1.80. The number of aromatic nitrogens is 2. The summed E-state index contributed by atoms with van der Waals surface area (Å²) in [4.78, 5) is 11.7. The van der Waals surface area contributed by atoms with Crippen molar-refractivity contribution >= 4 is 29.1 Å². The highest BCUT2D eigenvalue weighted by Crippen LogP contribution is 2.17. The summed E-state index contributed by atoms with van der Waals surface area (Å²) in [6.45, 7) is 4.63. The van der Waals surface area contributed by atoms with Gasteiger partial charge >= 0.3 is 0 Å². The van der Waals surface area contributed by atoms with Crippen LogP contribution in [0.1, 0.15) is 24.3 Å². The number of carbonyl (C=O) groups excluding carboxylic acids is 1. The number of hydrogen-bond donors (Lipinski definition) is 0. The summed E-state index contributed by atoms with van der Waals surface area (Å²) in [7, 11) is 0. The van der Waals surface area contributed by atoms with Crippen LogP contribution < -0.4 is 0 Å². The van der Waals surface area contributed by atoms with Crippen molar-refractivity contribution in [3.8, 4) is 0 Å². The van der Waals surface area contributed by atoms with Crippen LogP contribution in [0.25, 0.3) is 0 Å². The fourth-order valence-corrected chi connectivity index (χ4v) is 1.92. The molecule has 1 heterocycles. The van der Waals surface area contributed by atoms with Crippen LogP contribution in [0, 0.1) is 0 Å². The number of ketones is 1. The number of Topliss-reactive ketones (excluding diaryl/α,β-unsaturated/α-hetero) is 1. The quantitative estimate of drug-likeness (QED) is 0.732. The summed E-state index contributed by atoms with van der Waals surface area (Å²) in [5.41, 5.74) is 0.537. The van der Waals surface area contributed by atoms with Gasteiger partial charge in [0.15, 0.2) is 5.78 Å². The number of thioether (sulfide) groups is 1. The maximum Gasteiger partial charge on any atom is 0.192 e. The Labute approximate surface area is 92.8 Å². The summed E-state index contributed by atoms with van der Waals surface area (Å²) in [5.74, 6) is 1.46. The molecule has 78 valence electrons. The van der Waals surface area contributed by atoms with Gasteiger partial charge < -0.3 is 0 Å². The zero-order valence-corrected chi connectivity index (χ0v) is 9.86. The van der Waals surface area contributed by atoms with Crippen molar-refractivity contribution in [3.05, 3.63) is 16.9 Å². The van der Waals surface area contributed by atoms with E-state index in [1.165, 1.54) is 6.20 Å². The predicted molar refractivity (Wildman–Crippen MR) is 60.2 cm³/mol. The molecule has 1 rings (SSSR count). The summed E-state index contributed by atoms with van der Waals surface area (Å²) in [6, 6.07) is 0. The van der Waals surface area contributed by atoms with Gasteiger partial charge in [-0.15, -0.1) is 0 Å². The van der Waals surface area contributed by atoms with E-state index in [2.05, 4.69) is 5.10 Å². The van der Waals surface area contributed by atoms with Crippen LogP contribution in [0.2, 0.25) is 5.02 Å². The van der Waals surface area contributed by atoms with Crippen LogP contribution in [0.15, 0.2) is 6.20 Å². The highest BCUT2D eigenvalue weighted by atomic mass is 35.5. The van der Waals surface area contributed by atoms with Gasteiger partial charge in [0.2, 0.25) is 0 Å². The largest absolute Gasteiger partial charge is 0.291 e. The van der Waals surface area contributed by atoms with Crippen molar-refractivity contribution in [3.63, 3.8) is 0 Å². The zero-order valence-electron chi connectivity index (χ0n) is 8.29. The molecule has 0 fully saturated rings. The van der Waals surface area contributed by atoms with Crippen LogP contribution in [-0.2, 0) is 6.54 Å². The second kappa shape index (κ2) is 5.41. The van der Waals surface area contributed by atoms with E-state index in [4.69, 9.17) is 11.6 Å². The maximum atomic E-state index is 11.7. The lowest BCUT2D eigenvalue weighted by Crippen LogP contribution is -2.12. The molecular formula is C9H13ClN2OS. The molecule has 0 bridgehead atoms. The van der Waals surface area contributed by atoms with E-state index in [9.17, 15) is 4.79 Å². The fourth-order valence-electron chi connectivity index (χ4n) is 1.14. The molecule has 0 saturated carbocycles. The first-order chi connectivity index (χ1) is 6.70. The summed E-state index contributed by atoms with van der Waals surface area (Å²) in [6.07, 6.45) is 1.52. The van der Waals surface area contributed by atoms with Crippen molar-refractivity contribution < 1.29 is 4.79 Å². The monoisotopic (exact) mass is 232 g/mol. The highest BCUT2D eigenvalue weighted by molar-refractivity contribution is 7.99. The van der Waals surface area contributed by atoms with Gasteiger partial charge in [0.1, 0.15) is 5.69 Å². The molecule has 0 radical (unpaired) electrons. The van der Waals surface area contributed by atoms with Gasteiger partial charge in [-0.2, -0.15) is 16.9 Å². The van der Waals surface area contributed by atoms with Crippen molar-refractivity contribution in [2.24, 2.45) is 0 Å². The first kappa shape index (κ1) is 11.6. The zero-order chi connectivity index (χ0) is 10.6. The third kappa shape index (κ3) is 2.51. The summed E-state index contributed by atoms with van der Waals surface area (Å²) < 4.78 is 1.64. The lowest BCUT2D eigenvalue weighted by atomic mass is 10.3. The maximum absolute atomic E-state index is 11.7. The summed E-state index contributed by atoms with van der Waals surface area (Å²) >= 11 is 7.48. The number of aryl methyl sites for hydroxylation is 1. The highest BCUT2D eigenvalue weighted by Gasteiger charge is 2.15. The molecule has 0 unspecified atom stereocenters. The Morgan fingerprint density at radius 3 is 2.93 bits per heavy atom. The van der Waals surface area contributed by atoms with Crippen LogP contribution in [0.5, 0.6) is 0 Å². The Balaban J connectivity index is 2.82. The lowest BCUT2D eigenvalue weighted by Gasteiger charge is -2.03. The molecule has 1 aromatic rings. The first-order valence-electron chi connectivity index (χ1n) is 4.52. The Morgan fingerprint density at radius 2 is 2.36 bits per heavy atom. The second-order valence-electron chi connectivity index (χ2n) is 2.72. The Bertz CT molecular complexity index is 325. The predicted octanol–water partition coefficient (Wildman–Crippen LogP) is 2.49. The molecule has 0 N–H and O–H groups in total. The van der Waals surface area contributed by atoms with Crippen LogP contribution in [-0.4, -0.2) is 27.1 Å². The molecule has 0 atom stereocenters. The SMILES string of the molecule is CCSCC(=O)c1c(Cl)cnn1CC. The normalized spacial score (nSPS) is 10.5. The lowest BCUT2D eigenvalue weighted by molar-refractivity contribution is 0.101. The Hall–Kier alpha value is -0.480. The molecular weight excluding hydrogens is 220 g/mol. The molecule has 0 aliphatic heterocycles. The van der Waals surface area contributed by atoms with E-state index >= 15 is 0 Å². The number of hydrogen-bond acceptors (Lipinski definition) is 3. The molecule has 3 nitrogen and oxygen atoms in total. The topological polar surface area (TPSA) is 34.9 Å². The van der Waals surface area contributed by atoms with E-state index < -0.39 is 0 Å². The second-order valence-corrected chi connectivity index (χ2v) is 4.40. The Morgan fingerprint density at radius 1 is 1.64 bits per heavy atom. The minimum Gasteiger partial charge on any atom is -0.291 e. The first-order valence-corrected chi connectivity index (χ1v) is 6.06. The summed E-state index contributed by atoms with van der Waals surface area (Å²) in [5, 5.41) is 4.47. The number of carbonyl (C=O) groups is 1. The fraction of sp³-hybridized carbons (Fsp3) is 0.556. The molecule has 0 aromatic carbocycles. The minimum absolute atomic E-state index is 0.0567. The van der Waals surface area contributed by atoms with Gasteiger partial charge in [0.05, 0.1) is 17.0 Å². The molecule has 0 saturated heterocycles. The van der Waals surface area contributed by atoms with E-state index in [0.29, 0.717) is 23.0 Å². The van der Waals surface area contributed by atoms with Crippen molar-refractivity contribution in [2.75, 3.05) is 11.5 Å². The van der Waals surface area contributed by atoms with Crippen LogP contribution >= 0.6 is 23.4 Å². The van der Waals surface area contributed by atoms with Gasteiger partial charge in [0.25, 0.3) is 0 Å². The van der Waals surface area contributed by atoms with Gasteiger partial charge in [0, 0.05) is 6.54 Å². The average Bonchev–Trinajstić information content (AvgIpc) is 2.56. The number of nitrogens with zero attached hydrogens (tertiary/aromatic N) is 2. The smallest absolute Gasteiger partial charge is 0.192 e. The van der Waals surface area contributed by atoms with Gasteiger partial charge in [-0.05, 0) is 12.7 Å². The van der Waals surface area contributed by atoms with Crippen LogP contribution in [0.3, 0.4) is 0 Å². The molecule has 0 spiro atoms. The third-order valence-corrected chi connectivity index (χ3v) is 2.95. The van der Waals surface area contributed by atoms with E-state index in [-0.39, 0.29) is 5.78 Å². The van der Waals surface area contributed by atoms with Crippen LogP contribution in [0.4, 0.5) is 0 Å². The average molecular weight is 233 g/mol. The van der Waals surface area contributed by atoms with Crippen molar-refractivity contribution in [1.29, 1.82) is 0 Å². The van der Waals surface area contributed by atoms with Crippen molar-refractivity contribution in [2.45, 2.75) is 20.4 Å². The molecule has 0 aliphatic carbocycles. The molecule has 1 aromatic heterocycles. The number of halogens is 1. The standard InChI is InChI=1S/C9H13ClN2OS/c1-3-12-9(7(10)5-11-12)8(13)6-14-4-2/h5H,3-4,6H2,1-2H3.